The van der Waals surface area contributed by atoms with Crippen molar-refractivity contribution in [2.75, 3.05) is 36.4 Å². The van der Waals surface area contributed by atoms with Crippen molar-refractivity contribution in [3.05, 3.63) is 47.8 Å². The third kappa shape index (κ3) is 3.84. The zero-order valence-corrected chi connectivity index (χ0v) is 15.9. The number of nitrogens with one attached hydrogen (secondary N) is 1. The van der Waals surface area contributed by atoms with E-state index in [4.69, 9.17) is 4.74 Å². The van der Waals surface area contributed by atoms with Crippen LogP contribution in [0.1, 0.15) is 24.5 Å². The molecule has 2 aliphatic heterocycles. The van der Waals surface area contributed by atoms with Gasteiger partial charge in [-0.1, -0.05) is 0 Å². The Morgan fingerprint density at radius 2 is 2.11 bits per heavy atom. The minimum absolute atomic E-state index is 0.0322. The van der Waals surface area contributed by atoms with Crippen molar-refractivity contribution in [1.29, 1.82) is 0 Å². The molecular formula is C21H26N4O2. The summed E-state index contributed by atoms with van der Waals surface area (Å²) in [5.74, 6) is 0.929. The summed E-state index contributed by atoms with van der Waals surface area (Å²) in [5.41, 5.74) is 4.38. The molecule has 2 aliphatic rings. The van der Waals surface area contributed by atoms with Crippen LogP contribution in [0.3, 0.4) is 0 Å². The number of anilines is 2. The van der Waals surface area contributed by atoms with Crippen molar-refractivity contribution in [2.45, 2.75) is 32.8 Å². The number of nitrogens with zero attached hydrogens (tertiary/aromatic N) is 3. The highest BCUT2D eigenvalue weighted by Gasteiger charge is 2.22. The smallest absolute Gasteiger partial charge is 0.321 e. The minimum Gasteiger partial charge on any atom is -0.490 e. The molecule has 6 heteroatoms. The average Bonchev–Trinajstić information content (AvgIpc) is 2.86. The molecule has 3 heterocycles. The van der Waals surface area contributed by atoms with E-state index in [1.807, 2.05) is 35.5 Å². The van der Waals surface area contributed by atoms with Gasteiger partial charge >= 0.3 is 6.03 Å². The second kappa shape index (κ2) is 7.47. The third-order valence-electron chi connectivity index (χ3n) is 5.26. The largest absolute Gasteiger partial charge is 0.490 e. The molecule has 0 unspecified atom stereocenters. The fraction of sp³-hybridized carbons (Fsp3) is 0.429. The lowest BCUT2D eigenvalue weighted by Crippen LogP contribution is -2.38. The van der Waals surface area contributed by atoms with Crippen LogP contribution in [-0.4, -0.2) is 48.2 Å². The quantitative estimate of drug-likeness (QED) is 0.884. The lowest BCUT2D eigenvalue weighted by molar-refractivity contribution is 0.215. The van der Waals surface area contributed by atoms with Crippen LogP contribution in [0.25, 0.3) is 0 Å². The van der Waals surface area contributed by atoms with Crippen molar-refractivity contribution in [1.82, 2.24) is 9.88 Å². The number of hydrogen-bond acceptors (Lipinski definition) is 4. The Hall–Kier alpha value is -2.76. The Bertz CT molecular complexity index is 839. The van der Waals surface area contributed by atoms with Gasteiger partial charge in [-0.05, 0) is 55.7 Å². The van der Waals surface area contributed by atoms with Crippen LogP contribution in [0, 0.1) is 6.92 Å². The predicted molar refractivity (Wildman–Crippen MR) is 107 cm³/mol. The number of pyridine rings is 1. The molecule has 4 rings (SSSR count). The number of rotatable bonds is 2. The maximum Gasteiger partial charge on any atom is 0.321 e. The molecule has 0 aliphatic carbocycles. The van der Waals surface area contributed by atoms with E-state index in [2.05, 4.69) is 35.1 Å². The second-order valence-electron chi connectivity index (χ2n) is 7.38. The lowest BCUT2D eigenvalue weighted by atomic mass is 10.1. The molecule has 6 nitrogen and oxygen atoms in total. The summed E-state index contributed by atoms with van der Waals surface area (Å²) in [7, 11) is 0. The van der Waals surface area contributed by atoms with Gasteiger partial charge in [0.05, 0.1) is 0 Å². The number of ether oxygens (including phenoxy) is 1. The zero-order valence-electron chi connectivity index (χ0n) is 15.9. The van der Waals surface area contributed by atoms with E-state index in [1.54, 1.807) is 0 Å². The van der Waals surface area contributed by atoms with Crippen molar-refractivity contribution in [3.63, 3.8) is 0 Å². The van der Waals surface area contributed by atoms with Gasteiger partial charge in [0.2, 0.25) is 0 Å². The summed E-state index contributed by atoms with van der Waals surface area (Å²) in [6.07, 6.45) is 5.77. The first-order valence-corrected chi connectivity index (χ1v) is 9.61. The highest BCUT2D eigenvalue weighted by atomic mass is 16.5. The first-order valence-electron chi connectivity index (χ1n) is 9.61. The summed E-state index contributed by atoms with van der Waals surface area (Å²) >= 11 is 0. The van der Waals surface area contributed by atoms with Crippen molar-refractivity contribution in [3.8, 4) is 5.75 Å². The Kier molecular flexibility index (Phi) is 4.88. The second-order valence-corrected chi connectivity index (χ2v) is 7.38. The molecule has 1 aromatic carbocycles. The van der Waals surface area contributed by atoms with Gasteiger partial charge in [0.1, 0.15) is 11.9 Å². The van der Waals surface area contributed by atoms with E-state index >= 15 is 0 Å². The highest BCUT2D eigenvalue weighted by Crippen LogP contribution is 2.31. The summed E-state index contributed by atoms with van der Waals surface area (Å²) in [6.45, 7) is 7.38. The van der Waals surface area contributed by atoms with Crippen LogP contribution < -0.4 is 15.0 Å². The Morgan fingerprint density at radius 1 is 1.22 bits per heavy atom. The van der Waals surface area contributed by atoms with Gasteiger partial charge < -0.3 is 19.9 Å². The number of benzene rings is 1. The number of fused-ring (bicyclic) bond motifs is 1. The SMILES string of the molecule is Cc1cnccc1N1CCCN(C(=O)Nc2ccc3c(c2)C[C@H](C)O3)CC1. The fourth-order valence-corrected chi connectivity index (χ4v) is 3.88. The van der Waals surface area contributed by atoms with Gasteiger partial charge in [-0.15, -0.1) is 0 Å². The van der Waals surface area contributed by atoms with E-state index in [0.29, 0.717) is 6.54 Å². The molecular weight excluding hydrogens is 340 g/mol. The van der Waals surface area contributed by atoms with E-state index in [1.165, 1.54) is 11.3 Å². The molecule has 0 bridgehead atoms. The number of aryl methyl sites for hydroxylation is 1. The van der Waals surface area contributed by atoms with Crippen molar-refractivity contribution in [2.24, 2.45) is 0 Å². The number of urea groups is 1. The molecule has 1 saturated heterocycles. The minimum atomic E-state index is -0.0322. The van der Waals surface area contributed by atoms with E-state index in [9.17, 15) is 4.79 Å². The maximum atomic E-state index is 12.7. The number of hydrogen-bond donors (Lipinski definition) is 1. The number of amides is 2. The Labute approximate surface area is 160 Å². The van der Waals surface area contributed by atoms with Crippen LogP contribution in [-0.2, 0) is 6.42 Å². The lowest BCUT2D eigenvalue weighted by Gasteiger charge is -2.25. The molecule has 27 heavy (non-hydrogen) atoms. The van der Waals surface area contributed by atoms with Gasteiger partial charge in [-0.3, -0.25) is 4.98 Å². The molecule has 1 atom stereocenters. The molecule has 2 amide bonds. The fourth-order valence-electron chi connectivity index (χ4n) is 3.88. The van der Waals surface area contributed by atoms with Gasteiger partial charge in [-0.25, -0.2) is 4.79 Å². The third-order valence-corrected chi connectivity index (χ3v) is 5.26. The van der Waals surface area contributed by atoms with E-state index in [-0.39, 0.29) is 12.1 Å². The average molecular weight is 366 g/mol. The Balaban J connectivity index is 1.39. The van der Waals surface area contributed by atoms with Crippen molar-refractivity contribution >= 4 is 17.4 Å². The van der Waals surface area contributed by atoms with Gasteiger partial charge in [0.25, 0.3) is 0 Å². The summed E-state index contributed by atoms with van der Waals surface area (Å²) < 4.78 is 5.73. The molecule has 1 aromatic heterocycles. The van der Waals surface area contributed by atoms with Crippen LogP contribution in [0.2, 0.25) is 0 Å². The zero-order chi connectivity index (χ0) is 18.8. The van der Waals surface area contributed by atoms with Crippen LogP contribution in [0.4, 0.5) is 16.2 Å². The first-order chi connectivity index (χ1) is 13.1. The monoisotopic (exact) mass is 366 g/mol. The van der Waals surface area contributed by atoms with E-state index < -0.39 is 0 Å². The van der Waals surface area contributed by atoms with Gasteiger partial charge in [-0.2, -0.15) is 0 Å². The number of carbonyl (C=O) groups excluding carboxylic acids is 1. The molecule has 0 saturated carbocycles. The van der Waals surface area contributed by atoms with Crippen LogP contribution >= 0.6 is 0 Å². The van der Waals surface area contributed by atoms with Crippen LogP contribution in [0.15, 0.2) is 36.7 Å². The number of carbonyl (C=O) groups is 1. The molecule has 0 radical (unpaired) electrons. The molecule has 0 spiro atoms. The molecule has 1 fully saturated rings. The predicted octanol–water partition coefficient (Wildman–Crippen LogP) is 3.46. The highest BCUT2D eigenvalue weighted by molar-refractivity contribution is 5.89. The Morgan fingerprint density at radius 3 is 2.96 bits per heavy atom. The summed E-state index contributed by atoms with van der Waals surface area (Å²) in [6, 6.07) is 7.92. The summed E-state index contributed by atoms with van der Waals surface area (Å²) in [4.78, 5) is 21.2. The van der Waals surface area contributed by atoms with E-state index in [0.717, 1.165) is 49.5 Å². The standard InChI is InChI=1S/C21H26N4O2/c1-15-14-22-7-6-19(15)24-8-3-9-25(11-10-24)21(26)23-18-4-5-20-17(13-18)12-16(2)27-20/h4-7,13-14,16H,3,8-12H2,1-2H3,(H,23,26)/t16-/m0/s1. The normalized spacial score (nSPS) is 19.3. The van der Waals surface area contributed by atoms with Crippen molar-refractivity contribution < 1.29 is 9.53 Å². The number of aromatic nitrogens is 1. The van der Waals surface area contributed by atoms with Gasteiger partial charge in [0.15, 0.2) is 0 Å². The topological polar surface area (TPSA) is 57.7 Å². The van der Waals surface area contributed by atoms with Gasteiger partial charge in [0, 0.05) is 56.4 Å². The maximum absolute atomic E-state index is 12.7. The van der Waals surface area contributed by atoms with Crippen LogP contribution in [0.5, 0.6) is 5.75 Å². The molecule has 142 valence electrons. The summed E-state index contributed by atoms with van der Waals surface area (Å²) in [5, 5.41) is 3.05. The molecule has 1 N–H and O–H groups in total. The molecule has 2 aromatic rings. The first kappa shape index (κ1) is 17.6.